The van der Waals surface area contributed by atoms with Gasteiger partial charge in [0, 0.05) is 31.5 Å². The maximum absolute atomic E-state index is 12.8. The molecule has 22 heavy (non-hydrogen) atoms. The van der Waals surface area contributed by atoms with Crippen LogP contribution in [0.1, 0.15) is 50.8 Å². The first-order chi connectivity index (χ1) is 10.6. The van der Waals surface area contributed by atoms with Crippen LogP contribution in [0.4, 0.5) is 0 Å². The van der Waals surface area contributed by atoms with E-state index in [1.807, 2.05) is 13.1 Å². The molecule has 0 spiro atoms. The minimum absolute atomic E-state index is 0.0986. The van der Waals surface area contributed by atoms with Crippen LogP contribution in [-0.4, -0.2) is 40.6 Å². The van der Waals surface area contributed by atoms with Crippen LogP contribution in [0.2, 0.25) is 0 Å². The molecule has 2 fully saturated rings. The van der Waals surface area contributed by atoms with E-state index < -0.39 is 10.0 Å². The zero-order valence-electron chi connectivity index (χ0n) is 13.4. The lowest BCUT2D eigenvalue weighted by atomic mass is 9.91. The van der Waals surface area contributed by atoms with Crippen LogP contribution in [0.15, 0.2) is 12.4 Å². The number of hydrogen-bond donors (Lipinski definition) is 0. The van der Waals surface area contributed by atoms with E-state index >= 15 is 0 Å². The average molecular weight is 325 g/mol. The third-order valence-corrected chi connectivity index (χ3v) is 7.27. The summed E-state index contributed by atoms with van der Waals surface area (Å²) >= 11 is 0. The van der Waals surface area contributed by atoms with Crippen LogP contribution in [0.5, 0.6) is 0 Å². The zero-order valence-corrected chi connectivity index (χ0v) is 14.3. The van der Waals surface area contributed by atoms with Gasteiger partial charge in [0.1, 0.15) is 5.82 Å². The molecule has 0 unspecified atom stereocenters. The minimum Gasteiger partial charge on any atom is -0.334 e. The third kappa shape index (κ3) is 3.54. The Bertz CT molecular complexity index is 590. The molecular weight excluding hydrogens is 298 g/mol. The first-order valence-corrected chi connectivity index (χ1v) is 10.1. The molecule has 1 saturated heterocycles. The average Bonchev–Trinajstić information content (AvgIpc) is 3.10. The molecule has 3 rings (SSSR count). The molecular formula is C16H27N3O2S. The van der Waals surface area contributed by atoms with Gasteiger partial charge in [-0.3, -0.25) is 0 Å². The normalized spacial score (nSPS) is 24.9. The van der Waals surface area contributed by atoms with E-state index in [1.165, 1.54) is 19.3 Å². The third-order valence-electron chi connectivity index (χ3n) is 5.18. The Hall–Kier alpha value is -0.880. The van der Waals surface area contributed by atoms with Gasteiger partial charge in [-0.15, -0.1) is 0 Å². The number of rotatable bonds is 5. The van der Waals surface area contributed by atoms with Gasteiger partial charge >= 0.3 is 0 Å². The van der Waals surface area contributed by atoms with Crippen molar-refractivity contribution >= 4 is 10.0 Å². The molecule has 2 heterocycles. The Labute approximate surface area is 133 Å². The van der Waals surface area contributed by atoms with Gasteiger partial charge in [0.2, 0.25) is 10.0 Å². The van der Waals surface area contributed by atoms with Crippen molar-refractivity contribution in [2.24, 2.45) is 5.92 Å². The smallest absolute Gasteiger partial charge is 0.214 e. The van der Waals surface area contributed by atoms with Crippen LogP contribution >= 0.6 is 0 Å². The fraction of sp³-hybridized carbons (Fsp3) is 0.812. The van der Waals surface area contributed by atoms with Gasteiger partial charge in [0.25, 0.3) is 0 Å². The van der Waals surface area contributed by atoms with Crippen LogP contribution in [-0.2, 0) is 16.6 Å². The van der Waals surface area contributed by atoms with Crippen molar-refractivity contribution in [2.45, 2.75) is 64.5 Å². The van der Waals surface area contributed by atoms with E-state index in [0.717, 1.165) is 38.1 Å². The molecule has 6 heteroatoms. The van der Waals surface area contributed by atoms with Gasteiger partial charge in [-0.2, -0.15) is 4.31 Å². The van der Waals surface area contributed by atoms with Crippen molar-refractivity contribution in [2.75, 3.05) is 12.3 Å². The lowest BCUT2D eigenvalue weighted by Gasteiger charge is -2.28. The highest BCUT2D eigenvalue weighted by Crippen LogP contribution is 2.29. The number of sulfonamides is 1. The maximum Gasteiger partial charge on any atom is 0.214 e. The summed E-state index contributed by atoms with van der Waals surface area (Å²) in [6.45, 7) is 3.39. The van der Waals surface area contributed by atoms with Gasteiger partial charge in [0.05, 0.1) is 5.75 Å². The molecule has 1 atom stereocenters. The highest BCUT2D eigenvalue weighted by Gasteiger charge is 2.35. The van der Waals surface area contributed by atoms with E-state index in [0.29, 0.717) is 18.2 Å². The van der Waals surface area contributed by atoms with Crippen molar-refractivity contribution < 1.29 is 8.42 Å². The van der Waals surface area contributed by atoms with E-state index in [4.69, 9.17) is 0 Å². The summed E-state index contributed by atoms with van der Waals surface area (Å²) in [6.07, 6.45) is 11.5. The van der Waals surface area contributed by atoms with Crippen LogP contribution in [0, 0.1) is 12.8 Å². The lowest BCUT2D eigenvalue weighted by Crippen LogP contribution is -2.41. The molecule has 1 saturated carbocycles. The molecule has 5 nitrogen and oxygen atoms in total. The van der Waals surface area contributed by atoms with Gasteiger partial charge < -0.3 is 4.57 Å². The summed E-state index contributed by atoms with van der Waals surface area (Å²) in [6, 6.07) is 0.0986. The first kappa shape index (κ1) is 16.0. The Balaban J connectivity index is 1.67. The summed E-state index contributed by atoms with van der Waals surface area (Å²) in [7, 11) is -3.13. The number of aromatic nitrogens is 2. The summed E-state index contributed by atoms with van der Waals surface area (Å²) < 4.78 is 29.5. The first-order valence-electron chi connectivity index (χ1n) is 8.53. The Morgan fingerprint density at radius 2 is 1.95 bits per heavy atom. The number of aryl methyl sites for hydroxylation is 1. The SMILES string of the molecule is Cc1nccn1C[C@@H]1CCCN1S(=O)(=O)CC1CCCCC1. The standard InChI is InChI=1S/C16H27N3O2S/c1-14-17-9-11-18(14)12-16-8-5-10-19(16)22(20,21)13-15-6-3-2-4-7-15/h9,11,15-16H,2-8,10,12-13H2,1H3/t16-/m0/s1. The van der Waals surface area contributed by atoms with Crippen LogP contribution < -0.4 is 0 Å². The minimum atomic E-state index is -3.13. The molecule has 124 valence electrons. The highest BCUT2D eigenvalue weighted by molar-refractivity contribution is 7.89. The highest BCUT2D eigenvalue weighted by atomic mass is 32.2. The van der Waals surface area contributed by atoms with E-state index in [1.54, 1.807) is 10.5 Å². The van der Waals surface area contributed by atoms with E-state index in [9.17, 15) is 8.42 Å². The van der Waals surface area contributed by atoms with Crippen LogP contribution in [0.3, 0.4) is 0 Å². The van der Waals surface area contributed by atoms with Gasteiger partial charge in [-0.05, 0) is 38.5 Å². The molecule has 0 aromatic carbocycles. The van der Waals surface area contributed by atoms with E-state index in [-0.39, 0.29) is 6.04 Å². The summed E-state index contributed by atoms with van der Waals surface area (Å²) in [5, 5.41) is 0. The van der Waals surface area contributed by atoms with Crippen molar-refractivity contribution in [3.8, 4) is 0 Å². The predicted molar refractivity (Wildman–Crippen MR) is 87.1 cm³/mol. The quantitative estimate of drug-likeness (QED) is 0.836. The van der Waals surface area contributed by atoms with Gasteiger partial charge in [-0.25, -0.2) is 13.4 Å². The second-order valence-corrected chi connectivity index (χ2v) is 8.78. The monoisotopic (exact) mass is 325 g/mol. The molecule has 0 radical (unpaired) electrons. The second kappa shape index (κ2) is 6.71. The zero-order chi connectivity index (χ0) is 15.6. The fourth-order valence-electron chi connectivity index (χ4n) is 3.93. The number of hydrogen-bond acceptors (Lipinski definition) is 3. The van der Waals surface area contributed by atoms with Gasteiger partial charge in [0.15, 0.2) is 0 Å². The summed E-state index contributed by atoms with van der Waals surface area (Å²) in [5.41, 5.74) is 0. The molecule has 1 aliphatic heterocycles. The van der Waals surface area contributed by atoms with Gasteiger partial charge in [-0.1, -0.05) is 19.3 Å². The van der Waals surface area contributed by atoms with Crippen molar-refractivity contribution in [3.63, 3.8) is 0 Å². The molecule has 0 N–H and O–H groups in total. The second-order valence-electron chi connectivity index (χ2n) is 6.82. The number of imidazole rings is 1. The summed E-state index contributed by atoms with van der Waals surface area (Å²) in [4.78, 5) is 4.23. The number of nitrogens with zero attached hydrogens (tertiary/aromatic N) is 3. The van der Waals surface area contributed by atoms with Crippen molar-refractivity contribution in [1.82, 2.24) is 13.9 Å². The Kier molecular flexibility index (Phi) is 4.88. The lowest BCUT2D eigenvalue weighted by molar-refractivity contribution is 0.335. The molecule has 0 bridgehead atoms. The van der Waals surface area contributed by atoms with Crippen LogP contribution in [0.25, 0.3) is 0 Å². The molecule has 1 aromatic heterocycles. The van der Waals surface area contributed by atoms with E-state index in [2.05, 4.69) is 9.55 Å². The largest absolute Gasteiger partial charge is 0.334 e. The molecule has 1 aliphatic carbocycles. The molecule has 2 aliphatic rings. The fourth-order valence-corrected chi connectivity index (χ4v) is 6.08. The molecule has 1 aromatic rings. The maximum atomic E-state index is 12.8. The van der Waals surface area contributed by atoms with Crippen molar-refractivity contribution in [3.05, 3.63) is 18.2 Å². The topological polar surface area (TPSA) is 55.2 Å². The summed E-state index contributed by atoms with van der Waals surface area (Å²) in [5.74, 6) is 1.68. The molecule has 0 amide bonds. The Morgan fingerprint density at radius 1 is 1.18 bits per heavy atom. The Morgan fingerprint density at radius 3 is 2.64 bits per heavy atom. The van der Waals surface area contributed by atoms with Crippen molar-refractivity contribution in [1.29, 1.82) is 0 Å². The predicted octanol–water partition coefficient (Wildman–Crippen LogP) is 2.57.